The van der Waals surface area contributed by atoms with Gasteiger partial charge in [-0.1, -0.05) is 12.1 Å². The Hall–Kier alpha value is -2.29. The van der Waals surface area contributed by atoms with Crippen LogP contribution in [-0.2, 0) is 22.7 Å². The van der Waals surface area contributed by atoms with Gasteiger partial charge in [0.2, 0.25) is 11.8 Å². The fourth-order valence-corrected chi connectivity index (χ4v) is 4.67. The first-order valence-corrected chi connectivity index (χ1v) is 10.2. The van der Waals surface area contributed by atoms with Gasteiger partial charge in [0.15, 0.2) is 0 Å². The molecular formula is C21H28N4O4. The standard InChI is InChI=1S/C21H28N4O4/c1-22-13-21(29)7-9-24(10-8-21)11-14-3-2-4-15-16(14)12-25(20(15)28)17-5-6-18(26)23-19(17)27/h2-4,17,22,29H,5-13H2,1H3,(H,23,26,27). The van der Waals surface area contributed by atoms with Gasteiger partial charge in [-0.25, -0.2) is 0 Å². The van der Waals surface area contributed by atoms with Crippen LogP contribution in [0, 0.1) is 0 Å². The first-order valence-electron chi connectivity index (χ1n) is 10.2. The summed E-state index contributed by atoms with van der Waals surface area (Å²) in [6, 6.07) is 5.15. The Morgan fingerprint density at radius 3 is 2.69 bits per heavy atom. The number of piperidine rings is 2. The number of nitrogens with zero attached hydrogens (tertiary/aromatic N) is 2. The number of carbonyl (C=O) groups excluding carboxylic acids is 3. The largest absolute Gasteiger partial charge is 0.388 e. The second kappa shape index (κ2) is 7.85. The van der Waals surface area contributed by atoms with Crippen molar-refractivity contribution in [2.24, 2.45) is 0 Å². The highest BCUT2D eigenvalue weighted by molar-refractivity contribution is 6.05. The van der Waals surface area contributed by atoms with Gasteiger partial charge < -0.3 is 15.3 Å². The molecular weight excluding hydrogens is 372 g/mol. The maximum absolute atomic E-state index is 12.9. The van der Waals surface area contributed by atoms with E-state index in [0.717, 1.165) is 30.8 Å². The number of fused-ring (bicyclic) bond motifs is 1. The van der Waals surface area contributed by atoms with Crippen molar-refractivity contribution < 1.29 is 19.5 Å². The van der Waals surface area contributed by atoms with Crippen LogP contribution >= 0.6 is 0 Å². The number of amides is 3. The zero-order chi connectivity index (χ0) is 20.6. The molecule has 2 saturated heterocycles. The molecule has 3 amide bonds. The van der Waals surface area contributed by atoms with E-state index in [1.54, 1.807) is 4.90 Å². The number of carbonyl (C=O) groups is 3. The van der Waals surface area contributed by atoms with Crippen LogP contribution in [0.15, 0.2) is 18.2 Å². The summed E-state index contributed by atoms with van der Waals surface area (Å²) in [5.74, 6) is -0.804. The second-order valence-corrected chi connectivity index (χ2v) is 8.37. The van der Waals surface area contributed by atoms with Crippen molar-refractivity contribution in [1.82, 2.24) is 20.4 Å². The molecule has 3 aliphatic heterocycles. The number of hydrogen-bond acceptors (Lipinski definition) is 6. The number of rotatable bonds is 5. The first-order chi connectivity index (χ1) is 13.9. The molecule has 0 bridgehead atoms. The van der Waals surface area contributed by atoms with Crippen molar-refractivity contribution in [3.05, 3.63) is 34.9 Å². The lowest BCUT2D eigenvalue weighted by Crippen LogP contribution is -2.52. The Morgan fingerprint density at radius 1 is 1.24 bits per heavy atom. The van der Waals surface area contributed by atoms with Gasteiger partial charge >= 0.3 is 0 Å². The fraction of sp³-hybridized carbons (Fsp3) is 0.571. The van der Waals surface area contributed by atoms with Crippen LogP contribution in [0.3, 0.4) is 0 Å². The van der Waals surface area contributed by atoms with Gasteiger partial charge in [0, 0.05) is 44.7 Å². The number of nitrogens with one attached hydrogen (secondary N) is 2. The third kappa shape index (κ3) is 3.92. The minimum absolute atomic E-state index is 0.140. The SMILES string of the molecule is CNCC1(O)CCN(Cc2cccc3c2CN(C2CCC(=O)NC2=O)C3=O)CC1. The Kier molecular flexibility index (Phi) is 5.42. The average Bonchev–Trinajstić information content (AvgIpc) is 3.02. The average molecular weight is 400 g/mol. The molecule has 0 spiro atoms. The van der Waals surface area contributed by atoms with Crippen molar-refractivity contribution in [2.75, 3.05) is 26.7 Å². The summed E-state index contributed by atoms with van der Waals surface area (Å²) in [4.78, 5) is 40.5. The molecule has 0 aromatic heterocycles. The Labute approximate surface area is 170 Å². The molecule has 0 aliphatic carbocycles. The van der Waals surface area contributed by atoms with Crippen molar-refractivity contribution in [3.63, 3.8) is 0 Å². The second-order valence-electron chi connectivity index (χ2n) is 8.37. The first kappa shape index (κ1) is 20.0. The van der Waals surface area contributed by atoms with Crippen LogP contribution in [0.1, 0.15) is 47.2 Å². The molecule has 1 unspecified atom stereocenters. The molecule has 29 heavy (non-hydrogen) atoms. The molecule has 0 radical (unpaired) electrons. The predicted molar refractivity (Wildman–Crippen MR) is 106 cm³/mol. The van der Waals surface area contributed by atoms with E-state index in [1.165, 1.54) is 0 Å². The third-order valence-electron chi connectivity index (χ3n) is 6.37. The Balaban J connectivity index is 1.46. The lowest BCUT2D eigenvalue weighted by atomic mass is 9.91. The molecule has 3 N–H and O–H groups in total. The van der Waals surface area contributed by atoms with Gasteiger partial charge in [0.1, 0.15) is 6.04 Å². The summed E-state index contributed by atoms with van der Waals surface area (Å²) >= 11 is 0. The van der Waals surface area contributed by atoms with Crippen molar-refractivity contribution in [2.45, 2.75) is 50.4 Å². The molecule has 3 aliphatic rings. The van der Waals surface area contributed by atoms with Crippen molar-refractivity contribution >= 4 is 17.7 Å². The summed E-state index contributed by atoms with van der Waals surface area (Å²) in [5, 5.41) is 16.0. The van der Waals surface area contributed by atoms with E-state index >= 15 is 0 Å². The maximum atomic E-state index is 12.9. The maximum Gasteiger partial charge on any atom is 0.255 e. The van der Waals surface area contributed by atoms with Crippen molar-refractivity contribution in [1.29, 1.82) is 0 Å². The molecule has 8 heteroatoms. The topological polar surface area (TPSA) is 102 Å². The minimum atomic E-state index is -0.650. The van der Waals surface area contributed by atoms with E-state index in [2.05, 4.69) is 15.5 Å². The zero-order valence-electron chi connectivity index (χ0n) is 16.7. The number of benzene rings is 1. The van der Waals surface area contributed by atoms with Crippen molar-refractivity contribution in [3.8, 4) is 0 Å². The lowest BCUT2D eigenvalue weighted by molar-refractivity contribution is -0.136. The highest BCUT2D eigenvalue weighted by Crippen LogP contribution is 2.31. The predicted octanol–water partition coefficient (Wildman–Crippen LogP) is -0.00610. The van der Waals surface area contributed by atoms with Crippen LogP contribution in [0.5, 0.6) is 0 Å². The van der Waals surface area contributed by atoms with Crippen LogP contribution in [0.25, 0.3) is 0 Å². The summed E-state index contributed by atoms with van der Waals surface area (Å²) in [6.07, 6.45) is 2.05. The highest BCUT2D eigenvalue weighted by atomic mass is 16.3. The van der Waals surface area contributed by atoms with Crippen LogP contribution in [0.2, 0.25) is 0 Å². The number of imide groups is 1. The third-order valence-corrected chi connectivity index (χ3v) is 6.37. The molecule has 156 valence electrons. The van der Waals surface area contributed by atoms with Crippen LogP contribution < -0.4 is 10.6 Å². The Bertz CT molecular complexity index is 832. The number of hydrogen-bond donors (Lipinski definition) is 3. The normalized spacial score (nSPS) is 24.6. The van der Waals surface area contributed by atoms with E-state index in [4.69, 9.17) is 0 Å². The molecule has 4 rings (SSSR count). The summed E-state index contributed by atoms with van der Waals surface area (Å²) in [7, 11) is 1.85. The van der Waals surface area contributed by atoms with Gasteiger partial charge in [-0.2, -0.15) is 0 Å². The molecule has 8 nitrogen and oxygen atoms in total. The minimum Gasteiger partial charge on any atom is -0.388 e. The Morgan fingerprint density at radius 2 is 2.00 bits per heavy atom. The van der Waals surface area contributed by atoms with E-state index < -0.39 is 11.6 Å². The molecule has 1 aromatic rings. The molecule has 1 atom stereocenters. The van der Waals surface area contributed by atoms with Gasteiger partial charge in [-0.15, -0.1) is 0 Å². The van der Waals surface area contributed by atoms with E-state index in [0.29, 0.717) is 37.9 Å². The van der Waals surface area contributed by atoms with Gasteiger partial charge in [0.25, 0.3) is 5.91 Å². The molecule has 2 fully saturated rings. The van der Waals surface area contributed by atoms with E-state index in [1.807, 2.05) is 25.2 Å². The summed E-state index contributed by atoms with van der Waals surface area (Å²) in [5.41, 5.74) is 2.06. The number of likely N-dealkylation sites (N-methyl/N-ethyl adjacent to an activating group) is 1. The molecule has 0 saturated carbocycles. The quantitative estimate of drug-likeness (QED) is 0.601. The van der Waals surface area contributed by atoms with E-state index in [-0.39, 0.29) is 24.1 Å². The van der Waals surface area contributed by atoms with E-state index in [9.17, 15) is 19.5 Å². The van der Waals surface area contributed by atoms with Crippen LogP contribution in [-0.4, -0.2) is 71.0 Å². The summed E-state index contributed by atoms with van der Waals surface area (Å²) < 4.78 is 0. The number of aliphatic hydroxyl groups is 1. The fourth-order valence-electron chi connectivity index (χ4n) is 4.67. The summed E-state index contributed by atoms with van der Waals surface area (Å²) in [6.45, 7) is 3.31. The zero-order valence-corrected chi connectivity index (χ0v) is 16.7. The molecule has 3 heterocycles. The smallest absolute Gasteiger partial charge is 0.255 e. The van der Waals surface area contributed by atoms with Gasteiger partial charge in [0.05, 0.1) is 5.60 Å². The van der Waals surface area contributed by atoms with Crippen LogP contribution in [0.4, 0.5) is 0 Å². The van der Waals surface area contributed by atoms with Gasteiger partial charge in [-0.05, 0) is 43.5 Å². The number of likely N-dealkylation sites (tertiary alicyclic amines) is 1. The molecule has 1 aromatic carbocycles. The lowest BCUT2D eigenvalue weighted by Gasteiger charge is -2.38. The highest BCUT2D eigenvalue weighted by Gasteiger charge is 2.40. The van der Waals surface area contributed by atoms with Gasteiger partial charge in [-0.3, -0.25) is 24.6 Å². The monoisotopic (exact) mass is 400 g/mol.